The van der Waals surface area contributed by atoms with Crippen molar-refractivity contribution in [1.29, 1.82) is 0 Å². The van der Waals surface area contributed by atoms with Gasteiger partial charge in [-0.15, -0.1) is 0 Å². The topological polar surface area (TPSA) is 119 Å². The highest BCUT2D eigenvalue weighted by Gasteiger charge is 2.18. The van der Waals surface area contributed by atoms with Crippen molar-refractivity contribution < 1.29 is 22.6 Å². The number of anilines is 1. The molecule has 0 spiro atoms. The Hall–Kier alpha value is -1.87. The van der Waals surface area contributed by atoms with Crippen LogP contribution in [0.4, 0.5) is 11.4 Å². The van der Waals surface area contributed by atoms with Crippen LogP contribution in [0.1, 0.15) is 0 Å². The number of methoxy groups -OCH3 is 1. The number of rotatable bonds is 4. The van der Waals surface area contributed by atoms with Gasteiger partial charge < -0.3 is 4.74 Å². The van der Waals surface area contributed by atoms with E-state index in [1.165, 1.54) is 13.2 Å². The zero-order valence-electron chi connectivity index (χ0n) is 8.08. The van der Waals surface area contributed by atoms with Gasteiger partial charge in [-0.3, -0.25) is 19.4 Å². The molecule has 1 aromatic carbocycles. The Kier molecular flexibility index (Phi) is 3.30. The number of nitrogens with zero attached hydrogens (tertiary/aromatic N) is 1. The molecule has 9 heteroatoms. The van der Waals surface area contributed by atoms with E-state index in [1.54, 1.807) is 4.72 Å². The lowest BCUT2D eigenvalue weighted by atomic mass is 10.2. The van der Waals surface area contributed by atoms with Gasteiger partial charge in [0.25, 0.3) is 5.69 Å². The van der Waals surface area contributed by atoms with Crippen LogP contribution in [-0.4, -0.2) is 25.0 Å². The first-order chi connectivity index (χ1) is 7.33. The van der Waals surface area contributed by atoms with E-state index in [-0.39, 0.29) is 11.4 Å². The van der Waals surface area contributed by atoms with Gasteiger partial charge in [0.1, 0.15) is 11.4 Å². The third kappa shape index (κ3) is 3.07. The van der Waals surface area contributed by atoms with Gasteiger partial charge in [-0.25, -0.2) is 0 Å². The molecule has 2 N–H and O–H groups in total. The van der Waals surface area contributed by atoms with Crippen LogP contribution in [-0.2, 0) is 10.3 Å². The summed E-state index contributed by atoms with van der Waals surface area (Å²) in [6.45, 7) is 0. The third-order valence-corrected chi connectivity index (χ3v) is 2.12. The van der Waals surface area contributed by atoms with Crippen molar-refractivity contribution in [3.63, 3.8) is 0 Å². The van der Waals surface area contributed by atoms with Crippen molar-refractivity contribution >= 4 is 21.7 Å². The van der Waals surface area contributed by atoms with Crippen molar-refractivity contribution in [3.8, 4) is 5.75 Å². The van der Waals surface area contributed by atoms with Crippen molar-refractivity contribution in [2.45, 2.75) is 0 Å². The zero-order chi connectivity index (χ0) is 12.3. The molecule has 0 unspecified atom stereocenters. The minimum absolute atomic E-state index is 0.201. The van der Waals surface area contributed by atoms with E-state index in [9.17, 15) is 18.5 Å². The highest BCUT2D eigenvalue weighted by molar-refractivity contribution is 7.87. The van der Waals surface area contributed by atoms with Crippen LogP contribution in [0.5, 0.6) is 5.75 Å². The summed E-state index contributed by atoms with van der Waals surface area (Å²) in [5.74, 6) is 0.201. The SMILES string of the molecule is COc1ccc(NS(=O)(=O)O)c([N+](=O)[O-])c1. The van der Waals surface area contributed by atoms with E-state index in [2.05, 4.69) is 0 Å². The van der Waals surface area contributed by atoms with Gasteiger partial charge in [0.15, 0.2) is 0 Å². The number of nitrogens with one attached hydrogen (secondary N) is 1. The molecule has 0 radical (unpaired) electrons. The fraction of sp³-hybridized carbons (Fsp3) is 0.143. The normalized spacial score (nSPS) is 10.9. The molecule has 0 aliphatic rings. The van der Waals surface area contributed by atoms with Crippen molar-refractivity contribution in [1.82, 2.24) is 0 Å². The molecule has 88 valence electrons. The molecule has 0 heterocycles. The Morgan fingerprint density at radius 3 is 2.56 bits per heavy atom. The standard InChI is InChI=1S/C7H8N2O6S/c1-15-5-2-3-6(8-16(12,13)14)7(4-5)9(10)11/h2-4,8H,1H3,(H,12,13,14). The second-order valence-corrected chi connectivity index (χ2v) is 3.87. The smallest absolute Gasteiger partial charge is 0.357 e. The molecule has 1 aromatic rings. The Labute approximate surface area is 90.9 Å². The zero-order valence-corrected chi connectivity index (χ0v) is 8.89. The molecule has 0 bridgehead atoms. The predicted octanol–water partition coefficient (Wildman–Crippen LogP) is 0.818. The Morgan fingerprint density at radius 2 is 2.12 bits per heavy atom. The fourth-order valence-electron chi connectivity index (χ4n) is 1.01. The maximum atomic E-state index is 10.6. The van der Waals surface area contributed by atoms with Crippen LogP contribution in [0.2, 0.25) is 0 Å². The van der Waals surface area contributed by atoms with E-state index >= 15 is 0 Å². The lowest BCUT2D eigenvalue weighted by Gasteiger charge is -2.05. The molecule has 0 atom stereocenters. The predicted molar refractivity (Wildman–Crippen MR) is 54.8 cm³/mol. The van der Waals surface area contributed by atoms with Gasteiger partial charge >= 0.3 is 10.3 Å². The van der Waals surface area contributed by atoms with E-state index < -0.39 is 20.9 Å². The molecule has 0 aliphatic heterocycles. The van der Waals surface area contributed by atoms with Gasteiger partial charge in [0, 0.05) is 0 Å². The number of ether oxygens (including phenoxy) is 1. The summed E-state index contributed by atoms with van der Waals surface area (Å²) in [7, 11) is -3.23. The van der Waals surface area contributed by atoms with Gasteiger partial charge in [-0.05, 0) is 12.1 Å². The highest BCUT2D eigenvalue weighted by atomic mass is 32.2. The molecule has 0 aromatic heterocycles. The van der Waals surface area contributed by atoms with Crippen LogP contribution in [0.25, 0.3) is 0 Å². The summed E-state index contributed by atoms with van der Waals surface area (Å²) in [5.41, 5.74) is -0.856. The number of benzene rings is 1. The molecule has 0 saturated carbocycles. The number of hydrogen-bond donors (Lipinski definition) is 2. The summed E-state index contributed by atoms with van der Waals surface area (Å²) < 4.78 is 35.9. The maximum absolute atomic E-state index is 10.6. The summed E-state index contributed by atoms with van der Waals surface area (Å²) in [6.07, 6.45) is 0. The number of nitro benzene ring substituents is 1. The summed E-state index contributed by atoms with van der Waals surface area (Å²) in [6, 6.07) is 3.47. The quantitative estimate of drug-likeness (QED) is 0.462. The third-order valence-electron chi connectivity index (χ3n) is 1.64. The van der Waals surface area contributed by atoms with Crippen LogP contribution in [0.15, 0.2) is 18.2 Å². The molecule has 1 rings (SSSR count). The summed E-state index contributed by atoms with van der Waals surface area (Å²) in [5, 5.41) is 10.6. The molecule has 16 heavy (non-hydrogen) atoms. The highest BCUT2D eigenvalue weighted by Crippen LogP contribution is 2.29. The minimum atomic E-state index is -4.55. The average molecular weight is 248 g/mol. The van der Waals surface area contributed by atoms with Crippen LogP contribution in [0, 0.1) is 10.1 Å². The maximum Gasteiger partial charge on any atom is 0.357 e. The van der Waals surface area contributed by atoms with Gasteiger partial charge in [0.2, 0.25) is 0 Å². The second-order valence-electron chi connectivity index (χ2n) is 2.72. The number of nitro groups is 1. The van der Waals surface area contributed by atoms with Crippen molar-refractivity contribution in [3.05, 3.63) is 28.3 Å². The van der Waals surface area contributed by atoms with E-state index in [0.717, 1.165) is 12.1 Å². The van der Waals surface area contributed by atoms with E-state index in [4.69, 9.17) is 9.29 Å². The molecular formula is C7H8N2O6S. The first-order valence-corrected chi connectivity index (χ1v) is 5.35. The van der Waals surface area contributed by atoms with Gasteiger partial charge in [-0.2, -0.15) is 8.42 Å². The van der Waals surface area contributed by atoms with Crippen LogP contribution < -0.4 is 9.46 Å². The molecular weight excluding hydrogens is 240 g/mol. The first-order valence-electron chi connectivity index (χ1n) is 3.91. The summed E-state index contributed by atoms with van der Waals surface area (Å²) >= 11 is 0. The Morgan fingerprint density at radius 1 is 1.50 bits per heavy atom. The Bertz CT molecular complexity index is 512. The molecule has 0 fully saturated rings. The van der Waals surface area contributed by atoms with E-state index in [0.29, 0.717) is 0 Å². The lowest BCUT2D eigenvalue weighted by molar-refractivity contribution is -0.384. The van der Waals surface area contributed by atoms with Crippen molar-refractivity contribution in [2.75, 3.05) is 11.8 Å². The van der Waals surface area contributed by atoms with Gasteiger partial charge in [0.05, 0.1) is 18.1 Å². The Balaban J connectivity index is 3.23. The average Bonchev–Trinajstić information content (AvgIpc) is 2.15. The van der Waals surface area contributed by atoms with E-state index in [1.807, 2.05) is 0 Å². The lowest BCUT2D eigenvalue weighted by Crippen LogP contribution is -2.11. The minimum Gasteiger partial charge on any atom is -0.496 e. The summed E-state index contributed by atoms with van der Waals surface area (Å²) in [4.78, 5) is 9.81. The molecule has 0 aliphatic carbocycles. The number of hydrogen-bond acceptors (Lipinski definition) is 5. The van der Waals surface area contributed by atoms with Gasteiger partial charge in [-0.1, -0.05) is 0 Å². The van der Waals surface area contributed by atoms with Crippen LogP contribution in [0.3, 0.4) is 0 Å². The fourth-order valence-corrected chi connectivity index (χ4v) is 1.47. The monoisotopic (exact) mass is 248 g/mol. The largest absolute Gasteiger partial charge is 0.496 e. The first kappa shape index (κ1) is 12.2. The van der Waals surface area contributed by atoms with Crippen LogP contribution >= 0.6 is 0 Å². The van der Waals surface area contributed by atoms with Crippen molar-refractivity contribution in [2.24, 2.45) is 0 Å². The second kappa shape index (κ2) is 4.33. The molecule has 8 nitrogen and oxygen atoms in total. The molecule has 0 saturated heterocycles. The molecule has 0 amide bonds.